The Labute approximate surface area is 298 Å². The molecule has 0 spiro atoms. The van der Waals surface area contributed by atoms with E-state index in [1.807, 2.05) is 56.9 Å². The summed E-state index contributed by atoms with van der Waals surface area (Å²) in [5.74, 6) is -2.61. The lowest BCUT2D eigenvalue weighted by atomic mass is 9.87. The average Bonchev–Trinajstić information content (AvgIpc) is 3.73. The van der Waals surface area contributed by atoms with Crippen molar-refractivity contribution in [3.05, 3.63) is 64.6 Å². The number of hydrogen-bond donors (Lipinski definition) is 1. The van der Waals surface area contributed by atoms with Gasteiger partial charge in [-0.2, -0.15) is 0 Å². The van der Waals surface area contributed by atoms with E-state index in [0.29, 0.717) is 70.0 Å². The Bertz CT molecular complexity index is 1710. The number of carbonyl (C=O) groups excluding carboxylic acids is 3. The number of fused-ring (bicyclic) bond motifs is 1. The molecule has 2 saturated heterocycles. The molecule has 1 amide bonds. The Morgan fingerprint density at radius 3 is 2.42 bits per heavy atom. The van der Waals surface area contributed by atoms with Gasteiger partial charge in [0, 0.05) is 63.3 Å². The van der Waals surface area contributed by atoms with E-state index in [1.165, 1.54) is 12.1 Å². The fraction of sp³-hybridized carbons (Fsp3) is 0.553. The Hall–Kier alpha value is -3.35. The summed E-state index contributed by atoms with van der Waals surface area (Å²) in [6, 6.07) is 10.2. The summed E-state index contributed by atoms with van der Waals surface area (Å²) in [6.45, 7) is 5.81. The number of Topliss-reactive ketones (excluding diaryl/α,β-unsaturated/α-hetero) is 1. The SMILES string of the molecule is CCOC(=O)[C@H]1CC[C@H](OC(C(=O)Cc2cc(Cl)c(NC(=O)c3cn(C)c4ccccc34)cc2F)(N2CCCC2)N2CC(CN(C)C)C2)CC1. The van der Waals surface area contributed by atoms with Crippen LogP contribution in [0.5, 0.6) is 0 Å². The minimum Gasteiger partial charge on any atom is -0.466 e. The average molecular weight is 710 g/mol. The maximum atomic E-state index is 15.9. The zero-order valence-electron chi connectivity index (χ0n) is 29.6. The number of aryl methyl sites for hydroxylation is 1. The second kappa shape index (κ2) is 15.5. The fourth-order valence-corrected chi connectivity index (χ4v) is 8.20. The number of para-hydroxylation sites is 1. The molecule has 1 aromatic heterocycles. The Morgan fingerprint density at radius 1 is 1.04 bits per heavy atom. The molecule has 0 radical (unpaired) electrons. The monoisotopic (exact) mass is 709 g/mol. The first-order chi connectivity index (χ1) is 24.0. The number of ketones is 1. The van der Waals surface area contributed by atoms with Crippen molar-refractivity contribution in [1.82, 2.24) is 19.3 Å². The summed E-state index contributed by atoms with van der Waals surface area (Å²) in [5.41, 5.74) is 1.62. The first-order valence-corrected chi connectivity index (χ1v) is 18.2. The number of hydrogen-bond acceptors (Lipinski definition) is 8. The van der Waals surface area contributed by atoms with Crippen molar-refractivity contribution >= 4 is 45.9 Å². The lowest BCUT2D eigenvalue weighted by Crippen LogP contribution is -2.73. The number of anilines is 1. The maximum Gasteiger partial charge on any atom is 0.308 e. The van der Waals surface area contributed by atoms with Crippen LogP contribution in [0.25, 0.3) is 10.9 Å². The maximum absolute atomic E-state index is 15.9. The molecule has 3 heterocycles. The van der Waals surface area contributed by atoms with Gasteiger partial charge in [0.05, 0.1) is 34.9 Å². The van der Waals surface area contributed by atoms with Gasteiger partial charge in [-0.3, -0.25) is 24.2 Å². The summed E-state index contributed by atoms with van der Waals surface area (Å²) < 4.78 is 30.1. The van der Waals surface area contributed by atoms with Crippen LogP contribution in [0.1, 0.15) is 61.4 Å². The predicted octanol–water partition coefficient (Wildman–Crippen LogP) is 5.72. The molecule has 3 aliphatic rings. The smallest absolute Gasteiger partial charge is 0.308 e. The molecule has 10 nitrogen and oxygen atoms in total. The predicted molar refractivity (Wildman–Crippen MR) is 192 cm³/mol. The van der Waals surface area contributed by atoms with Gasteiger partial charge in [0.1, 0.15) is 5.82 Å². The quantitative estimate of drug-likeness (QED) is 0.226. The van der Waals surface area contributed by atoms with Crippen molar-refractivity contribution < 1.29 is 28.2 Å². The zero-order valence-corrected chi connectivity index (χ0v) is 30.3. The minimum atomic E-state index is -1.36. The zero-order chi connectivity index (χ0) is 35.6. The molecule has 2 aromatic carbocycles. The van der Waals surface area contributed by atoms with Crippen LogP contribution < -0.4 is 5.32 Å². The van der Waals surface area contributed by atoms with E-state index < -0.39 is 17.6 Å². The van der Waals surface area contributed by atoms with Gasteiger partial charge in [0.15, 0.2) is 5.78 Å². The molecule has 0 bridgehead atoms. The number of nitrogens with zero attached hydrogens (tertiary/aromatic N) is 4. The van der Waals surface area contributed by atoms with Crippen LogP contribution >= 0.6 is 11.6 Å². The molecule has 50 heavy (non-hydrogen) atoms. The first-order valence-electron chi connectivity index (χ1n) is 17.9. The number of nitrogens with one attached hydrogen (secondary N) is 1. The number of benzene rings is 2. The van der Waals surface area contributed by atoms with Crippen molar-refractivity contribution in [2.24, 2.45) is 18.9 Å². The van der Waals surface area contributed by atoms with E-state index in [0.717, 1.165) is 30.3 Å². The van der Waals surface area contributed by atoms with E-state index in [2.05, 4.69) is 20.0 Å². The van der Waals surface area contributed by atoms with Crippen LogP contribution in [0.4, 0.5) is 10.1 Å². The molecular formula is C38H49ClFN5O5. The van der Waals surface area contributed by atoms with Crippen LogP contribution in [0, 0.1) is 17.7 Å². The summed E-state index contributed by atoms with van der Waals surface area (Å²) in [7, 11) is 5.95. The highest BCUT2D eigenvalue weighted by Crippen LogP contribution is 2.40. The lowest BCUT2D eigenvalue weighted by Gasteiger charge is -2.55. The molecule has 1 aliphatic carbocycles. The minimum absolute atomic E-state index is 0.132. The number of likely N-dealkylation sites (tertiary alicyclic amines) is 2. The Balaban J connectivity index is 1.24. The summed E-state index contributed by atoms with van der Waals surface area (Å²) >= 11 is 6.67. The standard InChI is InChI=1S/C38H49ClFN5O5/c1-5-49-37(48)26-12-14-28(15-13-26)50-38(44-16-8-9-17-44,45-22-25(23-45)21-42(2)3)35(46)19-27-18-31(39)33(20-32(27)40)41-36(47)30-24-43(4)34-11-7-6-10-29(30)34/h6-7,10-11,18,20,24-26,28H,5,8-9,12-17,19,21-23H2,1-4H3,(H,41,47)/t26-,28-,38?. The Kier molecular flexibility index (Phi) is 11.3. The molecular weight excluding hydrogens is 661 g/mol. The van der Waals surface area contributed by atoms with Gasteiger partial charge >= 0.3 is 5.97 Å². The van der Waals surface area contributed by atoms with Crippen LogP contribution in [-0.4, -0.2) is 102 Å². The molecule has 3 aromatic rings. The van der Waals surface area contributed by atoms with Gasteiger partial charge < -0.3 is 24.3 Å². The molecule has 12 heteroatoms. The first kappa shape index (κ1) is 36.4. The van der Waals surface area contributed by atoms with Gasteiger partial charge in [0.25, 0.3) is 5.91 Å². The number of esters is 1. The van der Waals surface area contributed by atoms with Crippen molar-refractivity contribution in [3.63, 3.8) is 0 Å². The highest BCUT2D eigenvalue weighted by Gasteiger charge is 2.56. The highest BCUT2D eigenvalue weighted by atomic mass is 35.5. The highest BCUT2D eigenvalue weighted by molar-refractivity contribution is 6.34. The summed E-state index contributed by atoms with van der Waals surface area (Å²) in [5, 5.41) is 3.69. The van der Waals surface area contributed by atoms with Crippen molar-refractivity contribution in [3.8, 4) is 0 Å². The normalized spacial score (nSPS) is 21.7. The second-order valence-electron chi connectivity index (χ2n) is 14.3. The van der Waals surface area contributed by atoms with Crippen LogP contribution in [0.15, 0.2) is 42.6 Å². The third kappa shape index (κ3) is 7.48. The third-order valence-electron chi connectivity index (χ3n) is 10.4. The van der Waals surface area contributed by atoms with E-state index in [-0.39, 0.29) is 46.5 Å². The fourth-order valence-electron chi connectivity index (χ4n) is 7.97. The third-order valence-corrected chi connectivity index (χ3v) is 10.7. The number of rotatable bonds is 13. The van der Waals surface area contributed by atoms with Gasteiger partial charge in [-0.1, -0.05) is 29.8 Å². The van der Waals surface area contributed by atoms with Crippen LogP contribution in [0.2, 0.25) is 5.02 Å². The van der Waals surface area contributed by atoms with Gasteiger partial charge in [-0.15, -0.1) is 0 Å². The molecule has 1 N–H and O–H groups in total. The number of carbonyl (C=O) groups is 3. The number of halogens is 2. The molecule has 1 unspecified atom stereocenters. The van der Waals surface area contributed by atoms with E-state index in [1.54, 1.807) is 6.20 Å². The molecule has 270 valence electrons. The molecule has 1 saturated carbocycles. The van der Waals surface area contributed by atoms with Crippen LogP contribution in [-0.2, 0) is 32.5 Å². The second-order valence-corrected chi connectivity index (χ2v) is 14.7. The van der Waals surface area contributed by atoms with Crippen molar-refractivity contribution in [2.75, 3.05) is 58.7 Å². The number of ether oxygens (including phenoxy) is 2. The van der Waals surface area contributed by atoms with Crippen LogP contribution in [0.3, 0.4) is 0 Å². The Morgan fingerprint density at radius 2 is 1.74 bits per heavy atom. The van der Waals surface area contributed by atoms with Gasteiger partial charge in [-0.25, -0.2) is 4.39 Å². The van der Waals surface area contributed by atoms with E-state index in [4.69, 9.17) is 21.1 Å². The molecule has 6 rings (SSSR count). The molecule has 1 atom stereocenters. The molecule has 2 aliphatic heterocycles. The van der Waals surface area contributed by atoms with Gasteiger partial charge in [-0.05, 0) is 89.2 Å². The van der Waals surface area contributed by atoms with Gasteiger partial charge in [0.2, 0.25) is 5.85 Å². The van der Waals surface area contributed by atoms with E-state index >= 15 is 4.39 Å². The number of aromatic nitrogens is 1. The van der Waals surface area contributed by atoms with Crippen molar-refractivity contribution in [1.29, 1.82) is 0 Å². The summed E-state index contributed by atoms with van der Waals surface area (Å²) in [6.07, 6.45) is 5.67. The largest absolute Gasteiger partial charge is 0.466 e. The molecule has 3 fully saturated rings. The lowest BCUT2D eigenvalue weighted by molar-refractivity contribution is -0.276. The summed E-state index contributed by atoms with van der Waals surface area (Å²) in [4.78, 5) is 47.0. The van der Waals surface area contributed by atoms with E-state index in [9.17, 15) is 14.4 Å². The number of amides is 1. The topological polar surface area (TPSA) is 96.3 Å². The van der Waals surface area contributed by atoms with Crippen molar-refractivity contribution in [2.45, 2.75) is 63.8 Å².